The van der Waals surface area contributed by atoms with Crippen LogP contribution in [0.1, 0.15) is 25.8 Å². The van der Waals surface area contributed by atoms with Crippen LogP contribution in [0, 0.1) is 32.1 Å². The largest absolute Gasteiger partial charge is 0.443 e. The molecule has 286 valence electrons. The number of amides is 1. The Balaban J connectivity index is 1.35. The van der Waals surface area contributed by atoms with Gasteiger partial charge in [0.1, 0.15) is 16.7 Å². The Morgan fingerprint density at radius 2 is 1.49 bits per heavy atom. The molecule has 0 radical (unpaired) electrons. The molecule has 0 saturated carbocycles. The van der Waals surface area contributed by atoms with Crippen molar-refractivity contribution in [1.82, 2.24) is 9.62 Å². The molecule has 0 spiro atoms. The molecule has 2 aliphatic rings. The van der Waals surface area contributed by atoms with E-state index in [-0.39, 0.29) is 58.3 Å². The third-order valence-electron chi connectivity index (χ3n) is 8.58. The molecule has 2 saturated heterocycles. The molecular formula is C33H38N4O14S2. The van der Waals surface area contributed by atoms with Crippen molar-refractivity contribution in [2.24, 2.45) is 11.8 Å². The summed E-state index contributed by atoms with van der Waals surface area (Å²) in [7, 11) is -8.64. The highest BCUT2D eigenvalue weighted by Gasteiger charge is 2.44. The highest BCUT2D eigenvalue weighted by molar-refractivity contribution is 7.89. The maximum atomic E-state index is 13.7. The second-order valence-corrected chi connectivity index (χ2v) is 16.4. The van der Waals surface area contributed by atoms with Gasteiger partial charge in [0.05, 0.1) is 46.0 Å². The Morgan fingerprint density at radius 1 is 0.906 bits per heavy atom. The van der Waals surface area contributed by atoms with Gasteiger partial charge in [-0.25, -0.2) is 13.2 Å². The standard InChI is InChI=1S/C33H38N4O14S2/c1-21(2)18-35(52(44,45)26-11-5-23(6-12-26)36(40)41)19-30(38)29(34-33(39)50-31-20-49-32-28(31)15-16-48-32)17-22-3-9-25(10-4-22)51-53(46,47)27-13-7-24(8-14-27)37(42)43/h3-14,21,28-32,38H,15-20H2,1-2H3,(H,34,39)/t28-,29-,30+,31?,32+/m0/s1. The van der Waals surface area contributed by atoms with Gasteiger partial charge in [-0.1, -0.05) is 26.0 Å². The monoisotopic (exact) mass is 778 g/mol. The molecule has 2 N–H and O–H groups in total. The van der Waals surface area contributed by atoms with Crippen LogP contribution in [0.2, 0.25) is 0 Å². The lowest BCUT2D eigenvalue weighted by Gasteiger charge is -2.31. The summed E-state index contributed by atoms with van der Waals surface area (Å²) >= 11 is 0. The molecule has 53 heavy (non-hydrogen) atoms. The molecule has 0 bridgehead atoms. The number of nitro groups is 2. The van der Waals surface area contributed by atoms with Crippen molar-refractivity contribution in [2.45, 2.75) is 61.0 Å². The van der Waals surface area contributed by atoms with Crippen LogP contribution in [-0.2, 0) is 40.8 Å². The van der Waals surface area contributed by atoms with E-state index >= 15 is 0 Å². The number of sulfonamides is 1. The molecular weight excluding hydrogens is 741 g/mol. The number of ether oxygens (including phenoxy) is 3. The van der Waals surface area contributed by atoms with Crippen molar-refractivity contribution >= 4 is 37.6 Å². The van der Waals surface area contributed by atoms with Gasteiger partial charge in [0.25, 0.3) is 11.4 Å². The predicted octanol–water partition coefficient (Wildman–Crippen LogP) is 3.38. The number of alkyl carbamates (subject to hydrolysis) is 1. The van der Waals surface area contributed by atoms with Crippen molar-refractivity contribution in [2.75, 3.05) is 26.3 Å². The Bertz CT molecular complexity index is 1990. The maximum Gasteiger partial charge on any atom is 0.407 e. The van der Waals surface area contributed by atoms with E-state index in [0.717, 1.165) is 52.8 Å². The number of aliphatic hydroxyl groups excluding tert-OH is 1. The first-order chi connectivity index (χ1) is 25.0. The highest BCUT2D eigenvalue weighted by atomic mass is 32.2. The fourth-order valence-electron chi connectivity index (χ4n) is 5.90. The van der Waals surface area contributed by atoms with Crippen LogP contribution >= 0.6 is 0 Å². The summed E-state index contributed by atoms with van der Waals surface area (Å²) in [5, 5.41) is 36.3. The first-order valence-corrected chi connectivity index (χ1v) is 19.3. The van der Waals surface area contributed by atoms with Gasteiger partial charge in [-0.05, 0) is 60.7 Å². The SMILES string of the molecule is CC(C)CN(C[C@@H](O)[C@H](Cc1ccc(OS(=O)(=O)c2ccc([N+](=O)[O-])cc2)cc1)NC(=O)OC1CO[C@H]2OCC[C@@H]12)S(=O)(=O)c1ccc([N+](=O)[O-])cc1. The first kappa shape index (κ1) is 39.5. The maximum absolute atomic E-state index is 13.7. The summed E-state index contributed by atoms with van der Waals surface area (Å²) in [5.74, 6) is -0.471. The van der Waals surface area contributed by atoms with Crippen molar-refractivity contribution in [3.63, 3.8) is 0 Å². The van der Waals surface area contributed by atoms with E-state index in [9.17, 15) is 47.0 Å². The van der Waals surface area contributed by atoms with Crippen LogP contribution in [0.15, 0.2) is 82.6 Å². The molecule has 3 aromatic rings. The van der Waals surface area contributed by atoms with Crippen LogP contribution in [-0.4, -0.2) is 93.0 Å². The van der Waals surface area contributed by atoms with Crippen LogP contribution in [0.25, 0.3) is 0 Å². The van der Waals surface area contributed by atoms with Gasteiger partial charge in [-0.3, -0.25) is 20.2 Å². The number of benzene rings is 3. The molecule has 5 atom stereocenters. The van der Waals surface area contributed by atoms with Crippen molar-refractivity contribution in [3.8, 4) is 5.75 Å². The van der Waals surface area contributed by atoms with Crippen LogP contribution < -0.4 is 9.50 Å². The van der Waals surface area contributed by atoms with Crippen molar-refractivity contribution in [3.05, 3.63) is 98.6 Å². The van der Waals surface area contributed by atoms with E-state index < -0.39 is 67.2 Å². The van der Waals surface area contributed by atoms with E-state index in [0.29, 0.717) is 18.6 Å². The second kappa shape index (κ2) is 16.5. The molecule has 20 heteroatoms. The third kappa shape index (κ3) is 9.83. The second-order valence-electron chi connectivity index (χ2n) is 12.9. The average molecular weight is 779 g/mol. The Hall–Kier alpha value is -4.73. The number of carbonyl (C=O) groups excluding carboxylic acids is 1. The van der Waals surface area contributed by atoms with Gasteiger partial charge in [0.2, 0.25) is 10.0 Å². The molecule has 3 aromatic carbocycles. The lowest BCUT2D eigenvalue weighted by molar-refractivity contribution is -0.385. The molecule has 18 nitrogen and oxygen atoms in total. The van der Waals surface area contributed by atoms with E-state index in [1.165, 1.54) is 24.3 Å². The minimum absolute atomic E-state index is 0.0364. The molecule has 1 amide bonds. The van der Waals surface area contributed by atoms with Gasteiger partial charge in [0, 0.05) is 37.4 Å². The number of nitrogens with one attached hydrogen (secondary N) is 1. The smallest absolute Gasteiger partial charge is 0.407 e. The van der Waals surface area contributed by atoms with Crippen molar-refractivity contribution in [1.29, 1.82) is 0 Å². The lowest BCUT2D eigenvalue weighted by atomic mass is 10.0. The summed E-state index contributed by atoms with van der Waals surface area (Å²) in [6.07, 6.45) is -2.97. The summed E-state index contributed by atoms with van der Waals surface area (Å²) in [4.78, 5) is 33.4. The van der Waals surface area contributed by atoms with E-state index in [1.54, 1.807) is 13.8 Å². The minimum Gasteiger partial charge on any atom is -0.443 e. The number of rotatable bonds is 16. The van der Waals surface area contributed by atoms with Crippen LogP contribution in [0.4, 0.5) is 16.2 Å². The number of fused-ring (bicyclic) bond motifs is 1. The van der Waals surface area contributed by atoms with Gasteiger partial charge in [-0.15, -0.1) is 0 Å². The average Bonchev–Trinajstić information content (AvgIpc) is 3.73. The molecule has 1 unspecified atom stereocenters. The zero-order chi connectivity index (χ0) is 38.5. The normalized spacial score (nSPS) is 19.8. The van der Waals surface area contributed by atoms with Gasteiger partial charge >= 0.3 is 16.2 Å². The number of aliphatic hydroxyl groups is 1. The molecule has 2 aliphatic heterocycles. The fourth-order valence-corrected chi connectivity index (χ4v) is 8.45. The predicted molar refractivity (Wildman–Crippen MR) is 185 cm³/mol. The summed E-state index contributed by atoms with van der Waals surface area (Å²) in [6, 6.07) is 13.0. The molecule has 5 rings (SSSR count). The number of nitrogens with zero attached hydrogens (tertiary/aromatic N) is 3. The zero-order valence-electron chi connectivity index (χ0n) is 28.5. The van der Waals surface area contributed by atoms with E-state index in [2.05, 4.69) is 5.32 Å². The number of hydrogen-bond donors (Lipinski definition) is 2. The number of nitro benzene ring substituents is 2. The zero-order valence-corrected chi connectivity index (χ0v) is 30.2. The summed E-state index contributed by atoms with van der Waals surface area (Å²) in [5.41, 5.74) is -0.116. The Labute approximate surface area is 305 Å². The van der Waals surface area contributed by atoms with Gasteiger partial charge < -0.3 is 28.8 Å². The highest BCUT2D eigenvalue weighted by Crippen LogP contribution is 2.33. The summed E-state index contributed by atoms with van der Waals surface area (Å²) in [6.45, 7) is 3.57. The van der Waals surface area contributed by atoms with Crippen LogP contribution in [0.3, 0.4) is 0 Å². The number of hydrogen-bond acceptors (Lipinski definition) is 14. The first-order valence-electron chi connectivity index (χ1n) is 16.4. The summed E-state index contributed by atoms with van der Waals surface area (Å²) < 4.78 is 76.0. The van der Waals surface area contributed by atoms with Gasteiger partial charge in [0.15, 0.2) is 6.29 Å². The van der Waals surface area contributed by atoms with E-state index in [1.807, 2.05) is 0 Å². The topological polar surface area (TPSA) is 244 Å². The van der Waals surface area contributed by atoms with Crippen LogP contribution in [0.5, 0.6) is 5.75 Å². The third-order valence-corrected chi connectivity index (χ3v) is 11.7. The number of non-ortho nitro benzene ring substituents is 2. The quantitative estimate of drug-likeness (QED) is 0.120. The van der Waals surface area contributed by atoms with E-state index in [4.69, 9.17) is 18.4 Å². The Morgan fingerprint density at radius 3 is 2.06 bits per heavy atom. The fraction of sp³-hybridized carbons (Fsp3) is 0.424. The lowest BCUT2D eigenvalue weighted by Crippen LogP contribution is -2.51. The Kier molecular flexibility index (Phi) is 12.3. The molecule has 2 fully saturated rings. The minimum atomic E-state index is -4.36. The molecule has 0 aromatic heterocycles. The molecule has 0 aliphatic carbocycles. The van der Waals surface area contributed by atoms with Crippen molar-refractivity contribution < 1.29 is 55.0 Å². The molecule has 2 heterocycles. The number of carbonyl (C=O) groups is 1. The van der Waals surface area contributed by atoms with Gasteiger partial charge in [-0.2, -0.15) is 12.7 Å².